The fourth-order valence-corrected chi connectivity index (χ4v) is 0.969. The van der Waals surface area contributed by atoms with Gasteiger partial charge in [0, 0.05) is 13.0 Å². The summed E-state index contributed by atoms with van der Waals surface area (Å²) in [7, 11) is 1.27. The van der Waals surface area contributed by atoms with Crippen LogP contribution in [0.2, 0.25) is 0 Å². The van der Waals surface area contributed by atoms with Gasteiger partial charge in [-0.1, -0.05) is 0 Å². The molecule has 4 nitrogen and oxygen atoms in total. The molecule has 0 aliphatic heterocycles. The Morgan fingerprint density at radius 3 is 2.46 bits per heavy atom. The van der Waals surface area contributed by atoms with E-state index in [4.69, 9.17) is 4.74 Å². The minimum Gasteiger partial charge on any atom is -0.469 e. The zero-order chi connectivity index (χ0) is 10.3. The normalized spacial score (nSPS) is 12.2. The number of carbonyl (C=O) groups excluding carboxylic acids is 2. The van der Waals surface area contributed by atoms with E-state index >= 15 is 0 Å². The summed E-state index contributed by atoms with van der Waals surface area (Å²) in [5.41, 5.74) is 0. The lowest BCUT2D eigenvalue weighted by molar-refractivity contribution is -0.143. The summed E-state index contributed by atoms with van der Waals surface area (Å²) in [6.07, 6.45) is -0.0150. The second kappa shape index (κ2) is 6.60. The molecule has 0 aromatic heterocycles. The Kier molecular flexibility index (Phi) is 6.14. The quantitative estimate of drug-likeness (QED) is 0.459. The van der Waals surface area contributed by atoms with Crippen LogP contribution in [0, 0.1) is 0 Å². The molecule has 0 aromatic carbocycles. The first-order valence-corrected chi connectivity index (χ1v) is 4.30. The molecule has 0 saturated carbocycles. The maximum atomic E-state index is 11.1. The number of carbonyl (C=O) groups is 2. The molecule has 0 spiro atoms. The van der Waals surface area contributed by atoms with Gasteiger partial charge < -0.3 is 9.47 Å². The van der Waals surface area contributed by atoms with Crippen LogP contribution in [0.5, 0.6) is 0 Å². The second-order valence-electron chi connectivity index (χ2n) is 2.76. The fourth-order valence-electron chi connectivity index (χ4n) is 0.969. The molecular weight excluding hydrogens is 172 g/mol. The van der Waals surface area contributed by atoms with Crippen molar-refractivity contribution in [3.63, 3.8) is 0 Å². The summed E-state index contributed by atoms with van der Waals surface area (Å²) in [6.45, 7) is 4.24. The summed E-state index contributed by atoms with van der Waals surface area (Å²) in [5, 5.41) is 0. The van der Waals surface area contributed by atoms with Gasteiger partial charge in [-0.15, -0.1) is 0 Å². The molecule has 0 amide bonds. The molecule has 1 unspecified atom stereocenters. The molecule has 13 heavy (non-hydrogen) atoms. The Morgan fingerprint density at radius 2 is 2.00 bits per heavy atom. The zero-order valence-corrected chi connectivity index (χ0v) is 8.33. The van der Waals surface area contributed by atoms with Crippen LogP contribution in [0.25, 0.3) is 0 Å². The predicted molar refractivity (Wildman–Crippen MR) is 47.3 cm³/mol. The third-order valence-electron chi connectivity index (χ3n) is 1.54. The van der Waals surface area contributed by atoms with Crippen LogP contribution in [0.4, 0.5) is 0 Å². The van der Waals surface area contributed by atoms with Gasteiger partial charge in [-0.05, 0) is 13.8 Å². The van der Waals surface area contributed by atoms with Gasteiger partial charge in [0.15, 0.2) is 0 Å². The second-order valence-corrected chi connectivity index (χ2v) is 2.76. The van der Waals surface area contributed by atoms with E-state index in [2.05, 4.69) is 4.74 Å². The van der Waals surface area contributed by atoms with Gasteiger partial charge in [-0.2, -0.15) is 0 Å². The smallest absolute Gasteiger partial charge is 0.313 e. The van der Waals surface area contributed by atoms with E-state index in [1.165, 1.54) is 7.11 Å². The average Bonchev–Trinajstić information content (AvgIpc) is 2.04. The first-order chi connectivity index (χ1) is 6.10. The number of ether oxygens (including phenoxy) is 2. The third kappa shape index (κ3) is 6.28. The van der Waals surface area contributed by atoms with Crippen LogP contribution in [0.1, 0.15) is 26.7 Å². The predicted octanol–water partition coefficient (Wildman–Crippen LogP) is 0.934. The lowest BCUT2D eigenvalue weighted by Crippen LogP contribution is -2.17. The van der Waals surface area contributed by atoms with Crippen LogP contribution < -0.4 is 0 Å². The lowest BCUT2D eigenvalue weighted by atomic mass is 10.1. The van der Waals surface area contributed by atoms with E-state index in [0.29, 0.717) is 6.61 Å². The Morgan fingerprint density at radius 1 is 1.38 bits per heavy atom. The number of Topliss-reactive ketones (excluding diaryl/α,β-unsaturated/α-hetero) is 1. The first-order valence-electron chi connectivity index (χ1n) is 4.30. The van der Waals surface area contributed by atoms with Gasteiger partial charge in [0.1, 0.15) is 12.2 Å². The van der Waals surface area contributed by atoms with Crippen LogP contribution in [0.3, 0.4) is 0 Å². The van der Waals surface area contributed by atoms with Crippen molar-refractivity contribution >= 4 is 11.8 Å². The van der Waals surface area contributed by atoms with Crippen molar-refractivity contribution in [1.82, 2.24) is 0 Å². The zero-order valence-electron chi connectivity index (χ0n) is 8.33. The van der Waals surface area contributed by atoms with E-state index in [0.717, 1.165) is 0 Å². The molecule has 0 bridgehead atoms. The molecule has 0 rings (SSSR count). The summed E-state index contributed by atoms with van der Waals surface area (Å²) < 4.78 is 9.52. The highest BCUT2D eigenvalue weighted by atomic mass is 16.5. The minimum atomic E-state index is -0.492. The maximum Gasteiger partial charge on any atom is 0.313 e. The highest BCUT2D eigenvalue weighted by Crippen LogP contribution is 2.01. The largest absolute Gasteiger partial charge is 0.469 e. The van der Waals surface area contributed by atoms with Gasteiger partial charge >= 0.3 is 5.97 Å². The highest BCUT2D eigenvalue weighted by molar-refractivity contribution is 5.95. The molecule has 1 atom stereocenters. The first kappa shape index (κ1) is 12.1. The standard InChI is InChI=1S/C9H16O4/c1-4-13-7(2)5-8(10)6-9(11)12-3/h7H,4-6H2,1-3H3. The Balaban J connectivity index is 3.67. The van der Waals surface area contributed by atoms with Crippen molar-refractivity contribution in [2.75, 3.05) is 13.7 Å². The molecule has 0 fully saturated rings. The molecule has 0 aliphatic rings. The number of methoxy groups -OCH3 is 1. The number of esters is 1. The molecule has 4 heteroatoms. The SMILES string of the molecule is CCOC(C)CC(=O)CC(=O)OC. The van der Waals surface area contributed by atoms with Crippen molar-refractivity contribution in [3.8, 4) is 0 Å². The van der Waals surface area contributed by atoms with Gasteiger partial charge in [-0.3, -0.25) is 9.59 Å². The van der Waals surface area contributed by atoms with Crippen LogP contribution >= 0.6 is 0 Å². The number of ketones is 1. The minimum absolute atomic E-state index is 0.123. The van der Waals surface area contributed by atoms with E-state index < -0.39 is 5.97 Å². The molecular formula is C9H16O4. The number of hydrogen-bond donors (Lipinski definition) is 0. The summed E-state index contributed by atoms with van der Waals surface area (Å²) in [4.78, 5) is 21.8. The van der Waals surface area contributed by atoms with Crippen molar-refractivity contribution in [2.45, 2.75) is 32.8 Å². The van der Waals surface area contributed by atoms with Crippen molar-refractivity contribution in [2.24, 2.45) is 0 Å². The van der Waals surface area contributed by atoms with E-state index in [9.17, 15) is 9.59 Å². The van der Waals surface area contributed by atoms with Gasteiger partial charge in [0.05, 0.1) is 13.2 Å². The van der Waals surface area contributed by atoms with Crippen LogP contribution in [-0.4, -0.2) is 31.6 Å². The van der Waals surface area contributed by atoms with Gasteiger partial charge in [-0.25, -0.2) is 0 Å². The molecule has 0 heterocycles. The molecule has 0 aliphatic carbocycles. The van der Waals surface area contributed by atoms with Gasteiger partial charge in [0.2, 0.25) is 0 Å². The Bertz CT molecular complexity index is 176. The molecule has 0 aromatic rings. The Hall–Kier alpha value is -0.900. The monoisotopic (exact) mass is 188 g/mol. The fraction of sp³-hybridized carbons (Fsp3) is 0.778. The van der Waals surface area contributed by atoms with Crippen LogP contribution in [0.15, 0.2) is 0 Å². The number of hydrogen-bond acceptors (Lipinski definition) is 4. The van der Waals surface area contributed by atoms with E-state index in [-0.39, 0.29) is 24.7 Å². The number of rotatable bonds is 6. The molecule has 0 radical (unpaired) electrons. The maximum absolute atomic E-state index is 11.1. The molecule has 0 saturated heterocycles. The van der Waals surface area contributed by atoms with E-state index in [1.807, 2.05) is 6.92 Å². The highest BCUT2D eigenvalue weighted by Gasteiger charge is 2.13. The van der Waals surface area contributed by atoms with Crippen LogP contribution in [-0.2, 0) is 19.1 Å². The average molecular weight is 188 g/mol. The summed E-state index contributed by atoms with van der Waals surface area (Å²) in [5.74, 6) is -0.638. The Labute approximate surface area is 78.2 Å². The van der Waals surface area contributed by atoms with Crippen molar-refractivity contribution in [1.29, 1.82) is 0 Å². The summed E-state index contributed by atoms with van der Waals surface area (Å²) in [6, 6.07) is 0. The van der Waals surface area contributed by atoms with Gasteiger partial charge in [0.25, 0.3) is 0 Å². The van der Waals surface area contributed by atoms with E-state index in [1.54, 1.807) is 6.92 Å². The molecule has 0 N–H and O–H groups in total. The topological polar surface area (TPSA) is 52.6 Å². The third-order valence-corrected chi connectivity index (χ3v) is 1.54. The lowest BCUT2D eigenvalue weighted by Gasteiger charge is -2.09. The van der Waals surface area contributed by atoms with Crippen molar-refractivity contribution in [3.05, 3.63) is 0 Å². The summed E-state index contributed by atoms with van der Waals surface area (Å²) >= 11 is 0. The molecule has 76 valence electrons. The van der Waals surface area contributed by atoms with Crippen molar-refractivity contribution < 1.29 is 19.1 Å².